The molecule has 0 spiro atoms. The monoisotopic (exact) mass is 426 g/mol. The zero-order chi connectivity index (χ0) is 20.1. The number of nitrogens with one attached hydrogen (secondary N) is 2. The zero-order valence-electron chi connectivity index (χ0n) is 16.9. The largest absolute Gasteiger partial charge is 0.370 e. The van der Waals surface area contributed by atoms with Crippen molar-refractivity contribution in [2.75, 3.05) is 56.2 Å². The Kier molecular flexibility index (Phi) is 7.31. The van der Waals surface area contributed by atoms with Gasteiger partial charge >= 0.3 is 0 Å². The smallest absolute Gasteiger partial charge is 0.173 e. The SMILES string of the molecule is Cc1cc(C)cc(NC(=S)N(CCC[NH+]2CCOCC2)[C@H]2CCS(=O)(=O)C2)c1. The Labute approximate surface area is 174 Å². The van der Waals surface area contributed by atoms with E-state index in [9.17, 15) is 8.42 Å². The predicted octanol–water partition coefficient (Wildman–Crippen LogP) is 0.795. The first-order chi connectivity index (χ1) is 13.3. The van der Waals surface area contributed by atoms with Crippen molar-refractivity contribution in [2.45, 2.75) is 32.7 Å². The maximum Gasteiger partial charge on any atom is 0.173 e. The number of nitrogens with zero attached hydrogens (tertiary/aromatic N) is 1. The third kappa shape index (κ3) is 6.14. The van der Waals surface area contributed by atoms with Gasteiger partial charge in [-0.1, -0.05) is 6.07 Å². The van der Waals surface area contributed by atoms with Gasteiger partial charge in [-0.15, -0.1) is 0 Å². The van der Waals surface area contributed by atoms with E-state index in [0.29, 0.717) is 11.5 Å². The number of rotatable bonds is 6. The maximum absolute atomic E-state index is 12.0. The molecule has 6 nitrogen and oxygen atoms in total. The van der Waals surface area contributed by atoms with Crippen molar-refractivity contribution < 1.29 is 18.1 Å². The molecule has 2 N–H and O–H groups in total. The summed E-state index contributed by atoms with van der Waals surface area (Å²) in [5.41, 5.74) is 3.32. The summed E-state index contributed by atoms with van der Waals surface area (Å²) in [5, 5.41) is 3.98. The molecule has 2 aliphatic rings. The highest BCUT2D eigenvalue weighted by molar-refractivity contribution is 7.91. The molecular weight excluding hydrogens is 394 g/mol. The van der Waals surface area contributed by atoms with Crippen LogP contribution in [0.3, 0.4) is 0 Å². The molecule has 2 heterocycles. The van der Waals surface area contributed by atoms with Gasteiger partial charge in [0.25, 0.3) is 0 Å². The van der Waals surface area contributed by atoms with Crippen molar-refractivity contribution >= 4 is 32.9 Å². The van der Waals surface area contributed by atoms with Gasteiger partial charge < -0.3 is 19.9 Å². The quantitative estimate of drug-likeness (QED) is 0.656. The van der Waals surface area contributed by atoms with E-state index in [4.69, 9.17) is 17.0 Å². The summed E-state index contributed by atoms with van der Waals surface area (Å²) in [7, 11) is -2.96. The summed E-state index contributed by atoms with van der Waals surface area (Å²) in [6.07, 6.45) is 1.64. The van der Waals surface area contributed by atoms with Crippen LogP contribution < -0.4 is 10.2 Å². The number of morpholine rings is 1. The van der Waals surface area contributed by atoms with Crippen molar-refractivity contribution in [1.29, 1.82) is 0 Å². The van der Waals surface area contributed by atoms with Crippen LogP contribution in [-0.2, 0) is 14.6 Å². The molecule has 0 saturated carbocycles. The van der Waals surface area contributed by atoms with E-state index in [1.54, 1.807) is 4.90 Å². The fraction of sp³-hybridized carbons (Fsp3) is 0.650. The second kappa shape index (κ2) is 9.52. The lowest BCUT2D eigenvalue weighted by molar-refractivity contribution is -0.908. The second-order valence-electron chi connectivity index (χ2n) is 8.02. The van der Waals surface area contributed by atoms with E-state index >= 15 is 0 Å². The van der Waals surface area contributed by atoms with Gasteiger partial charge in [-0.25, -0.2) is 8.42 Å². The highest BCUT2D eigenvalue weighted by atomic mass is 32.2. The van der Waals surface area contributed by atoms with Gasteiger partial charge in [0, 0.05) is 24.7 Å². The van der Waals surface area contributed by atoms with Gasteiger partial charge in [0.2, 0.25) is 0 Å². The standard InChI is InChI=1S/C20H31N3O3S2/c1-16-12-17(2)14-18(13-16)21-20(27)23(19-4-11-28(24,25)15-19)6-3-5-22-7-9-26-10-8-22/h12-14,19H,3-11,15H2,1-2H3,(H,21,27)/p+1/t19-/m0/s1. The minimum Gasteiger partial charge on any atom is -0.370 e. The molecule has 1 aromatic carbocycles. The minimum atomic E-state index is -2.96. The lowest BCUT2D eigenvalue weighted by Gasteiger charge is -2.32. The molecular formula is C20H32N3O3S2+. The lowest BCUT2D eigenvalue weighted by Crippen LogP contribution is -3.14. The van der Waals surface area contributed by atoms with Crippen LogP contribution >= 0.6 is 12.2 Å². The molecule has 2 aliphatic heterocycles. The summed E-state index contributed by atoms with van der Waals surface area (Å²) in [5.74, 6) is 0.459. The van der Waals surface area contributed by atoms with Crippen molar-refractivity contribution in [1.82, 2.24) is 4.90 Å². The zero-order valence-corrected chi connectivity index (χ0v) is 18.5. The second-order valence-corrected chi connectivity index (χ2v) is 10.6. The fourth-order valence-electron chi connectivity index (χ4n) is 4.12. The average molecular weight is 427 g/mol. The highest BCUT2D eigenvalue weighted by Gasteiger charge is 2.33. The summed E-state index contributed by atoms with van der Waals surface area (Å²) < 4.78 is 29.5. The van der Waals surface area contributed by atoms with Gasteiger partial charge in [0.05, 0.1) is 31.3 Å². The summed E-state index contributed by atoms with van der Waals surface area (Å²) in [6.45, 7) is 9.71. The Balaban J connectivity index is 1.65. The molecule has 0 bridgehead atoms. The number of sulfone groups is 1. The lowest BCUT2D eigenvalue weighted by atomic mass is 10.1. The Bertz CT molecular complexity index is 772. The number of thiocarbonyl (C=S) groups is 1. The van der Waals surface area contributed by atoms with Crippen molar-refractivity contribution in [3.8, 4) is 0 Å². The third-order valence-corrected chi connectivity index (χ3v) is 7.60. The number of quaternary nitrogens is 1. The summed E-state index contributed by atoms with van der Waals surface area (Å²) >= 11 is 5.72. The molecule has 0 aliphatic carbocycles. The van der Waals surface area contributed by atoms with Crippen LogP contribution in [0.1, 0.15) is 24.0 Å². The first kappa shape index (κ1) is 21.5. The molecule has 0 amide bonds. The van der Waals surface area contributed by atoms with Crippen LogP contribution in [0.25, 0.3) is 0 Å². The number of ether oxygens (including phenoxy) is 1. The van der Waals surface area contributed by atoms with Crippen molar-refractivity contribution in [3.63, 3.8) is 0 Å². The average Bonchev–Trinajstić information content (AvgIpc) is 2.98. The Morgan fingerprint density at radius 3 is 2.54 bits per heavy atom. The van der Waals surface area contributed by atoms with E-state index in [-0.39, 0.29) is 17.5 Å². The first-order valence-corrected chi connectivity index (χ1v) is 12.3. The molecule has 2 saturated heterocycles. The number of hydrogen-bond acceptors (Lipinski definition) is 4. The topological polar surface area (TPSA) is 63.1 Å². The van der Waals surface area contributed by atoms with Gasteiger partial charge in [0.15, 0.2) is 14.9 Å². The number of aryl methyl sites for hydroxylation is 2. The van der Waals surface area contributed by atoms with Crippen LogP contribution in [0.15, 0.2) is 18.2 Å². The van der Waals surface area contributed by atoms with Crippen LogP contribution in [0.2, 0.25) is 0 Å². The molecule has 0 unspecified atom stereocenters. The molecule has 0 radical (unpaired) electrons. The highest BCUT2D eigenvalue weighted by Crippen LogP contribution is 2.20. The molecule has 0 aromatic heterocycles. The van der Waals surface area contributed by atoms with E-state index in [0.717, 1.165) is 51.5 Å². The molecule has 2 fully saturated rings. The van der Waals surface area contributed by atoms with Gasteiger partial charge in [-0.3, -0.25) is 0 Å². The number of hydrogen-bond donors (Lipinski definition) is 2. The summed E-state index contributed by atoms with van der Waals surface area (Å²) in [4.78, 5) is 3.66. The van der Waals surface area contributed by atoms with Crippen molar-refractivity contribution in [3.05, 3.63) is 29.3 Å². The van der Waals surface area contributed by atoms with E-state index in [2.05, 4.69) is 42.3 Å². The van der Waals surface area contributed by atoms with Crippen LogP contribution in [0, 0.1) is 13.8 Å². The minimum absolute atomic E-state index is 0.0319. The van der Waals surface area contributed by atoms with E-state index < -0.39 is 9.84 Å². The number of benzene rings is 1. The molecule has 28 heavy (non-hydrogen) atoms. The molecule has 1 aromatic rings. The molecule has 8 heteroatoms. The predicted molar refractivity (Wildman–Crippen MR) is 117 cm³/mol. The Morgan fingerprint density at radius 1 is 1.25 bits per heavy atom. The molecule has 156 valence electrons. The number of anilines is 1. The maximum atomic E-state index is 12.0. The van der Waals surface area contributed by atoms with Gasteiger partial charge in [-0.05, 0) is 55.7 Å². The van der Waals surface area contributed by atoms with E-state index in [1.807, 2.05) is 0 Å². The Hall–Kier alpha value is -1.22. The fourth-order valence-corrected chi connectivity index (χ4v) is 6.21. The van der Waals surface area contributed by atoms with E-state index in [1.165, 1.54) is 11.1 Å². The Morgan fingerprint density at radius 2 is 1.93 bits per heavy atom. The normalized spacial score (nSPS) is 22.1. The third-order valence-electron chi connectivity index (χ3n) is 5.51. The van der Waals surface area contributed by atoms with Crippen LogP contribution in [0.5, 0.6) is 0 Å². The molecule has 1 atom stereocenters. The van der Waals surface area contributed by atoms with Crippen LogP contribution in [0.4, 0.5) is 5.69 Å². The first-order valence-electron chi connectivity index (χ1n) is 10.1. The molecule has 3 rings (SSSR count). The summed E-state index contributed by atoms with van der Waals surface area (Å²) in [6, 6.07) is 6.23. The van der Waals surface area contributed by atoms with Crippen molar-refractivity contribution in [2.24, 2.45) is 0 Å². The van der Waals surface area contributed by atoms with Gasteiger partial charge in [-0.2, -0.15) is 0 Å². The van der Waals surface area contributed by atoms with Gasteiger partial charge in [0.1, 0.15) is 13.1 Å². The van der Waals surface area contributed by atoms with Crippen LogP contribution in [-0.4, -0.2) is 75.4 Å².